The Morgan fingerprint density at radius 1 is 0.425 bits per heavy atom. The van der Waals surface area contributed by atoms with Crippen LogP contribution in [0.2, 0.25) is 0 Å². The van der Waals surface area contributed by atoms with Crippen LogP contribution in [-0.2, 0) is 14.3 Å². The summed E-state index contributed by atoms with van der Waals surface area (Å²) in [4.78, 5) is 13.1. The van der Waals surface area contributed by atoms with E-state index in [2.05, 4.69) is 67.8 Å². The van der Waals surface area contributed by atoms with Crippen molar-refractivity contribution in [2.45, 2.75) is 371 Å². The first kappa shape index (κ1) is 75.9. The van der Waals surface area contributed by atoms with Gasteiger partial charge in [-0.25, -0.2) is 0 Å². The Bertz CT molecular complexity index is 1450. The minimum atomic E-state index is -1.58. The van der Waals surface area contributed by atoms with E-state index in [9.17, 15) is 30.3 Å². The number of rotatable bonds is 60. The predicted octanol–water partition coefficient (Wildman–Crippen LogP) is 18.6. The summed E-state index contributed by atoms with van der Waals surface area (Å²) in [6, 6.07) is -0.830. The Hall–Kier alpha value is -2.11. The number of carbonyl (C=O) groups excluding carboxylic acids is 1. The average Bonchev–Trinajstić information content (AvgIpc) is 3.46. The van der Waals surface area contributed by atoms with E-state index in [1.54, 1.807) is 6.08 Å². The van der Waals surface area contributed by atoms with Crippen molar-refractivity contribution in [2.75, 3.05) is 13.2 Å². The molecule has 0 bridgehead atoms. The van der Waals surface area contributed by atoms with Crippen molar-refractivity contribution < 1.29 is 39.8 Å². The fourth-order valence-corrected chi connectivity index (χ4v) is 10.9. The number of unbranched alkanes of at least 4 members (excludes halogenated alkanes) is 42. The van der Waals surface area contributed by atoms with Crippen molar-refractivity contribution in [3.05, 3.63) is 60.8 Å². The van der Waals surface area contributed by atoms with Gasteiger partial charge in [-0.3, -0.25) is 4.79 Å². The average molecular weight is 1130 g/mol. The fraction of sp³-hybridized carbons (Fsp3) is 0.845. The quantitative estimate of drug-likeness (QED) is 0.0261. The van der Waals surface area contributed by atoms with Gasteiger partial charge < -0.3 is 40.3 Å². The molecule has 0 saturated carbocycles. The van der Waals surface area contributed by atoms with E-state index in [4.69, 9.17) is 9.47 Å². The van der Waals surface area contributed by atoms with Crippen LogP contribution in [0.4, 0.5) is 0 Å². The molecule has 7 atom stereocenters. The molecule has 9 heteroatoms. The van der Waals surface area contributed by atoms with Gasteiger partial charge in [-0.1, -0.05) is 306 Å². The molecule has 0 aromatic heterocycles. The van der Waals surface area contributed by atoms with Crippen LogP contribution in [0.25, 0.3) is 0 Å². The first-order chi connectivity index (χ1) is 39.3. The van der Waals surface area contributed by atoms with Crippen LogP contribution >= 0.6 is 0 Å². The second-order valence-electron chi connectivity index (χ2n) is 24.0. The van der Waals surface area contributed by atoms with Crippen molar-refractivity contribution in [1.29, 1.82) is 0 Å². The third-order valence-electron chi connectivity index (χ3n) is 16.3. The maximum Gasteiger partial charge on any atom is 0.220 e. The minimum Gasteiger partial charge on any atom is -0.394 e. The van der Waals surface area contributed by atoms with E-state index in [0.29, 0.717) is 6.42 Å². The Kier molecular flexibility index (Phi) is 57.0. The molecule has 0 aromatic rings. The maximum atomic E-state index is 13.1. The number of aliphatic hydroxyl groups excluding tert-OH is 5. The van der Waals surface area contributed by atoms with Crippen LogP contribution in [0.15, 0.2) is 60.8 Å². The van der Waals surface area contributed by atoms with E-state index in [1.807, 2.05) is 6.08 Å². The Morgan fingerprint density at radius 3 is 1.12 bits per heavy atom. The molecule has 0 aliphatic carbocycles. The summed E-state index contributed by atoms with van der Waals surface area (Å²) in [6.45, 7) is 3.79. The molecule has 1 aliphatic heterocycles. The van der Waals surface area contributed by atoms with Gasteiger partial charge in [0.05, 0.1) is 25.4 Å². The van der Waals surface area contributed by atoms with Gasteiger partial charge in [0.2, 0.25) is 5.91 Å². The number of hydrogen-bond acceptors (Lipinski definition) is 8. The first-order valence-corrected chi connectivity index (χ1v) is 34.5. The zero-order valence-corrected chi connectivity index (χ0v) is 52.3. The molecule has 1 amide bonds. The SMILES string of the molecule is CCCCCCCCCCCC/C=C/CC/C=C/CC/C=C/C(O)C(COC1OC(CO)C(O)C(O)C1O)NC(=O)CCCCCCCCCCCCCCCCCCC/C=C\C/C=C\CCCCCCCCCCCCCCC. The summed E-state index contributed by atoms with van der Waals surface area (Å²) < 4.78 is 11.3. The zero-order chi connectivity index (χ0) is 57.9. The van der Waals surface area contributed by atoms with Crippen LogP contribution in [0.3, 0.4) is 0 Å². The number of amides is 1. The van der Waals surface area contributed by atoms with Gasteiger partial charge in [0, 0.05) is 6.42 Å². The third kappa shape index (κ3) is 48.3. The van der Waals surface area contributed by atoms with Crippen LogP contribution in [0.5, 0.6) is 0 Å². The van der Waals surface area contributed by atoms with Crippen LogP contribution in [0.1, 0.15) is 328 Å². The predicted molar refractivity (Wildman–Crippen MR) is 341 cm³/mol. The first-order valence-electron chi connectivity index (χ1n) is 34.5. The molecule has 7 unspecified atom stereocenters. The Labute approximate surface area is 494 Å². The fourth-order valence-electron chi connectivity index (χ4n) is 10.9. The smallest absolute Gasteiger partial charge is 0.220 e. The van der Waals surface area contributed by atoms with Gasteiger partial charge in [-0.15, -0.1) is 0 Å². The van der Waals surface area contributed by atoms with Crippen LogP contribution in [-0.4, -0.2) is 87.5 Å². The number of allylic oxidation sites excluding steroid dienone is 9. The minimum absolute atomic E-state index is 0.188. The summed E-state index contributed by atoms with van der Waals surface area (Å²) in [6.07, 6.45) is 76.2. The van der Waals surface area contributed by atoms with Crippen LogP contribution in [0, 0.1) is 0 Å². The Balaban J connectivity index is 2.11. The lowest BCUT2D eigenvalue weighted by molar-refractivity contribution is -0.302. The molecule has 9 nitrogen and oxygen atoms in total. The summed E-state index contributed by atoms with van der Waals surface area (Å²) >= 11 is 0. The summed E-state index contributed by atoms with van der Waals surface area (Å²) in [5, 5.41) is 54.6. The van der Waals surface area contributed by atoms with Crippen LogP contribution < -0.4 is 5.32 Å². The lowest BCUT2D eigenvalue weighted by Gasteiger charge is -2.40. The molecular weight excluding hydrogens is 995 g/mol. The molecule has 6 N–H and O–H groups in total. The highest BCUT2D eigenvalue weighted by Gasteiger charge is 2.44. The zero-order valence-electron chi connectivity index (χ0n) is 52.3. The molecule has 0 aromatic carbocycles. The van der Waals surface area contributed by atoms with Gasteiger partial charge >= 0.3 is 0 Å². The third-order valence-corrected chi connectivity index (χ3v) is 16.3. The monoisotopic (exact) mass is 1130 g/mol. The molecule has 1 heterocycles. The second kappa shape index (κ2) is 60.0. The summed E-state index contributed by atoms with van der Waals surface area (Å²) in [5.74, 6) is -0.188. The number of carbonyl (C=O) groups is 1. The van der Waals surface area contributed by atoms with Crippen molar-refractivity contribution in [3.63, 3.8) is 0 Å². The van der Waals surface area contributed by atoms with E-state index in [0.717, 1.165) is 51.4 Å². The van der Waals surface area contributed by atoms with E-state index >= 15 is 0 Å². The Morgan fingerprint density at radius 2 is 0.750 bits per heavy atom. The van der Waals surface area contributed by atoms with E-state index in [1.165, 1.54) is 257 Å². The van der Waals surface area contributed by atoms with Crippen molar-refractivity contribution in [3.8, 4) is 0 Å². The van der Waals surface area contributed by atoms with Gasteiger partial charge in [0.1, 0.15) is 24.4 Å². The number of hydrogen-bond donors (Lipinski definition) is 6. The molecule has 80 heavy (non-hydrogen) atoms. The van der Waals surface area contributed by atoms with E-state index in [-0.39, 0.29) is 12.5 Å². The lowest BCUT2D eigenvalue weighted by atomic mass is 9.99. The van der Waals surface area contributed by atoms with Crippen molar-refractivity contribution >= 4 is 5.91 Å². The summed E-state index contributed by atoms with van der Waals surface area (Å²) in [5.41, 5.74) is 0. The van der Waals surface area contributed by atoms with E-state index < -0.39 is 49.5 Å². The number of ether oxygens (including phenoxy) is 2. The molecule has 1 saturated heterocycles. The highest BCUT2D eigenvalue weighted by molar-refractivity contribution is 5.76. The maximum absolute atomic E-state index is 13.1. The highest BCUT2D eigenvalue weighted by atomic mass is 16.7. The van der Waals surface area contributed by atoms with Gasteiger partial charge in [0.15, 0.2) is 6.29 Å². The molecule has 1 aliphatic rings. The molecular formula is C71H131NO8. The summed E-state index contributed by atoms with van der Waals surface area (Å²) in [7, 11) is 0. The van der Waals surface area contributed by atoms with Crippen molar-refractivity contribution in [1.82, 2.24) is 5.32 Å². The molecule has 468 valence electrons. The standard InChI is InChI=1S/C71H131NO8/c1-3-5-7-9-11-13-15-17-19-21-23-25-26-27-28-29-30-31-32-33-34-35-36-37-38-39-40-41-43-45-47-49-51-53-55-57-59-61-67(75)72-64(63-79-71-70(78)69(77)68(76)66(62-73)80-71)65(74)60-58-56-54-52-50-48-46-44-42-24-22-20-18-16-14-12-10-8-6-4-2/h28-29,31-32,42,44,50,52,58,60,64-66,68-71,73-74,76-78H,3-27,30,33-41,43,45-49,51,53-57,59,61-63H2,1-2H3,(H,72,75)/b29-28-,32-31-,44-42+,52-50+,60-58+. The van der Waals surface area contributed by atoms with Gasteiger partial charge in [-0.05, 0) is 77.0 Å². The normalized spacial score (nSPS) is 18.8. The number of nitrogens with one attached hydrogen (secondary N) is 1. The lowest BCUT2D eigenvalue weighted by Crippen LogP contribution is -2.60. The van der Waals surface area contributed by atoms with Gasteiger partial charge in [-0.2, -0.15) is 0 Å². The largest absolute Gasteiger partial charge is 0.394 e. The molecule has 0 spiro atoms. The highest BCUT2D eigenvalue weighted by Crippen LogP contribution is 2.23. The second-order valence-corrected chi connectivity index (χ2v) is 24.0. The topological polar surface area (TPSA) is 149 Å². The van der Waals surface area contributed by atoms with Crippen molar-refractivity contribution in [2.24, 2.45) is 0 Å². The number of aliphatic hydroxyl groups is 5. The molecule has 1 fully saturated rings. The molecule has 1 rings (SSSR count). The molecule has 0 radical (unpaired) electrons. The van der Waals surface area contributed by atoms with Gasteiger partial charge in [0.25, 0.3) is 0 Å².